The number of benzene rings is 2. The predicted octanol–water partition coefficient (Wildman–Crippen LogP) is 4.08. The topological polar surface area (TPSA) is 69.3 Å². The first-order chi connectivity index (χ1) is 17.1. The van der Waals surface area contributed by atoms with Crippen LogP contribution in [0.1, 0.15) is 38.7 Å². The maximum absolute atomic E-state index is 12.8. The molecule has 1 atom stereocenters. The van der Waals surface area contributed by atoms with Gasteiger partial charge < -0.3 is 29.2 Å². The van der Waals surface area contributed by atoms with E-state index < -0.39 is 0 Å². The van der Waals surface area contributed by atoms with Crippen molar-refractivity contribution < 1.29 is 23.7 Å². The second-order valence-corrected chi connectivity index (χ2v) is 9.43. The number of carbonyl (C=O) groups excluding carboxylic acids is 1. The lowest BCUT2D eigenvalue weighted by atomic mass is 9.98. The molecule has 35 heavy (non-hydrogen) atoms. The van der Waals surface area contributed by atoms with E-state index in [4.69, 9.17) is 18.9 Å². The summed E-state index contributed by atoms with van der Waals surface area (Å²) in [6.45, 7) is 9.37. The van der Waals surface area contributed by atoms with Gasteiger partial charge in [-0.05, 0) is 87.2 Å². The van der Waals surface area contributed by atoms with Gasteiger partial charge in [0.1, 0.15) is 24.7 Å². The Kier molecular flexibility index (Phi) is 9.12. The molecule has 2 aromatic carbocycles. The summed E-state index contributed by atoms with van der Waals surface area (Å²) in [5.74, 6) is 3.90. The Morgan fingerprint density at radius 3 is 2.43 bits per heavy atom. The van der Waals surface area contributed by atoms with Crippen LogP contribution in [-0.2, 0) is 11.2 Å². The van der Waals surface area contributed by atoms with Crippen LogP contribution in [0.15, 0.2) is 42.5 Å². The van der Waals surface area contributed by atoms with Gasteiger partial charge in [0.15, 0.2) is 11.5 Å². The summed E-state index contributed by atoms with van der Waals surface area (Å²) in [6, 6.07) is 13.6. The van der Waals surface area contributed by atoms with E-state index in [0.29, 0.717) is 32.8 Å². The molecule has 0 saturated carbocycles. The van der Waals surface area contributed by atoms with E-state index in [1.807, 2.05) is 43.3 Å². The molecule has 0 aromatic heterocycles. The van der Waals surface area contributed by atoms with Crippen LogP contribution in [0.25, 0.3) is 0 Å². The molecule has 0 radical (unpaired) electrons. The molecule has 0 aliphatic carbocycles. The zero-order chi connectivity index (χ0) is 24.5. The second-order valence-electron chi connectivity index (χ2n) is 9.43. The van der Waals surface area contributed by atoms with Gasteiger partial charge in [-0.3, -0.25) is 4.79 Å². The van der Waals surface area contributed by atoms with E-state index in [0.717, 1.165) is 60.5 Å². The van der Waals surface area contributed by atoms with Crippen LogP contribution in [0.4, 0.5) is 0 Å². The van der Waals surface area contributed by atoms with Gasteiger partial charge in [-0.25, -0.2) is 0 Å². The summed E-state index contributed by atoms with van der Waals surface area (Å²) < 4.78 is 22.6. The smallest absolute Gasteiger partial charge is 0.223 e. The Morgan fingerprint density at radius 2 is 1.71 bits per heavy atom. The SMILES string of the molecule is CCOc1ccc(OCCC(=O)N[C@@H](Cc2ccc3c(c2)OCCO3)CN2CCC(C)CC2)cc1. The Balaban J connectivity index is 1.32. The van der Waals surface area contributed by atoms with E-state index in [-0.39, 0.29) is 11.9 Å². The van der Waals surface area contributed by atoms with Crippen molar-refractivity contribution in [3.63, 3.8) is 0 Å². The number of rotatable bonds is 11. The molecule has 7 heteroatoms. The third kappa shape index (κ3) is 7.79. The van der Waals surface area contributed by atoms with E-state index in [9.17, 15) is 4.79 Å². The van der Waals surface area contributed by atoms with Crippen molar-refractivity contribution in [3.8, 4) is 23.0 Å². The minimum atomic E-state index is 0.00357. The summed E-state index contributed by atoms with van der Waals surface area (Å²) in [5, 5.41) is 3.26. The molecule has 2 heterocycles. The van der Waals surface area contributed by atoms with Crippen molar-refractivity contribution in [1.29, 1.82) is 0 Å². The maximum Gasteiger partial charge on any atom is 0.223 e. The van der Waals surface area contributed by atoms with Gasteiger partial charge in [0, 0.05) is 12.6 Å². The number of nitrogens with zero attached hydrogens (tertiary/aromatic N) is 1. The Labute approximate surface area is 208 Å². The van der Waals surface area contributed by atoms with Crippen molar-refractivity contribution in [3.05, 3.63) is 48.0 Å². The summed E-state index contributed by atoms with van der Waals surface area (Å²) >= 11 is 0. The summed E-state index contributed by atoms with van der Waals surface area (Å²) in [7, 11) is 0. The molecular weight excluding hydrogens is 444 g/mol. The molecule has 4 rings (SSSR count). The van der Waals surface area contributed by atoms with Crippen molar-refractivity contribution in [2.24, 2.45) is 5.92 Å². The first-order valence-corrected chi connectivity index (χ1v) is 12.8. The number of fused-ring (bicyclic) bond motifs is 1. The maximum atomic E-state index is 12.8. The molecular formula is C28H38N2O5. The number of likely N-dealkylation sites (tertiary alicyclic amines) is 1. The highest BCUT2D eigenvalue weighted by Crippen LogP contribution is 2.31. The van der Waals surface area contributed by atoms with Gasteiger partial charge in [-0.2, -0.15) is 0 Å². The molecule has 190 valence electrons. The molecule has 7 nitrogen and oxygen atoms in total. The van der Waals surface area contributed by atoms with Crippen LogP contribution in [0.3, 0.4) is 0 Å². The van der Waals surface area contributed by atoms with Crippen molar-refractivity contribution >= 4 is 5.91 Å². The minimum Gasteiger partial charge on any atom is -0.494 e. The first-order valence-electron chi connectivity index (χ1n) is 12.8. The van der Waals surface area contributed by atoms with E-state index in [1.165, 1.54) is 12.8 Å². The van der Waals surface area contributed by atoms with Crippen LogP contribution in [0.2, 0.25) is 0 Å². The van der Waals surface area contributed by atoms with Crippen LogP contribution in [0, 0.1) is 5.92 Å². The normalized spacial score (nSPS) is 17.0. The second kappa shape index (κ2) is 12.7. The fourth-order valence-corrected chi connectivity index (χ4v) is 4.58. The first kappa shape index (κ1) is 25.2. The number of piperidine rings is 1. The average molecular weight is 483 g/mol. The molecule has 2 aromatic rings. The van der Waals surface area contributed by atoms with Crippen LogP contribution in [-0.4, -0.2) is 62.9 Å². The number of carbonyl (C=O) groups is 1. The van der Waals surface area contributed by atoms with Gasteiger partial charge in [-0.1, -0.05) is 13.0 Å². The van der Waals surface area contributed by atoms with Gasteiger partial charge in [0.25, 0.3) is 0 Å². The van der Waals surface area contributed by atoms with E-state index in [2.05, 4.69) is 23.2 Å². The average Bonchev–Trinajstić information content (AvgIpc) is 2.86. The zero-order valence-electron chi connectivity index (χ0n) is 21.0. The lowest BCUT2D eigenvalue weighted by Gasteiger charge is -2.33. The fraction of sp³-hybridized carbons (Fsp3) is 0.536. The Morgan fingerprint density at radius 1 is 1.03 bits per heavy atom. The highest BCUT2D eigenvalue weighted by molar-refractivity contribution is 5.76. The van der Waals surface area contributed by atoms with E-state index in [1.54, 1.807) is 0 Å². The van der Waals surface area contributed by atoms with Gasteiger partial charge in [-0.15, -0.1) is 0 Å². The lowest BCUT2D eigenvalue weighted by molar-refractivity contribution is -0.122. The Hall–Kier alpha value is -2.93. The van der Waals surface area contributed by atoms with Gasteiger partial charge in [0.05, 0.1) is 19.6 Å². The Bertz CT molecular complexity index is 941. The van der Waals surface area contributed by atoms with Crippen LogP contribution in [0.5, 0.6) is 23.0 Å². The van der Waals surface area contributed by atoms with Crippen LogP contribution < -0.4 is 24.3 Å². The number of amides is 1. The summed E-state index contributed by atoms with van der Waals surface area (Å²) in [6.07, 6.45) is 3.47. The summed E-state index contributed by atoms with van der Waals surface area (Å²) in [5.41, 5.74) is 1.13. The monoisotopic (exact) mass is 482 g/mol. The van der Waals surface area contributed by atoms with Gasteiger partial charge >= 0.3 is 0 Å². The predicted molar refractivity (Wildman–Crippen MR) is 136 cm³/mol. The fourth-order valence-electron chi connectivity index (χ4n) is 4.58. The van der Waals surface area contributed by atoms with Crippen LogP contribution >= 0.6 is 0 Å². The third-order valence-corrected chi connectivity index (χ3v) is 6.54. The highest BCUT2D eigenvalue weighted by atomic mass is 16.6. The number of ether oxygens (including phenoxy) is 4. The van der Waals surface area contributed by atoms with Crippen molar-refractivity contribution in [1.82, 2.24) is 10.2 Å². The molecule has 0 unspecified atom stereocenters. The van der Waals surface area contributed by atoms with Gasteiger partial charge in [0.2, 0.25) is 5.91 Å². The molecule has 2 aliphatic rings. The standard InChI is InChI=1S/C28H38N2O5/c1-3-32-24-5-7-25(8-6-24)33-15-12-28(31)29-23(20-30-13-10-21(2)11-14-30)18-22-4-9-26-27(19-22)35-17-16-34-26/h4-9,19,21,23H,3,10-18,20H2,1-2H3,(H,29,31)/t23-/m0/s1. The summed E-state index contributed by atoms with van der Waals surface area (Å²) in [4.78, 5) is 15.3. The lowest BCUT2D eigenvalue weighted by Crippen LogP contribution is -2.47. The largest absolute Gasteiger partial charge is 0.494 e. The number of hydrogen-bond donors (Lipinski definition) is 1. The van der Waals surface area contributed by atoms with E-state index >= 15 is 0 Å². The zero-order valence-corrected chi connectivity index (χ0v) is 21.0. The van der Waals surface area contributed by atoms with Crippen molar-refractivity contribution in [2.75, 3.05) is 46.1 Å². The number of nitrogens with one attached hydrogen (secondary N) is 1. The molecule has 1 amide bonds. The molecule has 0 spiro atoms. The molecule has 0 bridgehead atoms. The highest BCUT2D eigenvalue weighted by Gasteiger charge is 2.22. The molecule has 1 N–H and O–H groups in total. The minimum absolute atomic E-state index is 0.00357. The quantitative estimate of drug-likeness (QED) is 0.520. The number of hydrogen-bond acceptors (Lipinski definition) is 6. The molecule has 1 fully saturated rings. The molecule has 1 saturated heterocycles. The third-order valence-electron chi connectivity index (χ3n) is 6.54. The van der Waals surface area contributed by atoms with Crippen molar-refractivity contribution in [2.45, 2.75) is 45.6 Å². The molecule has 2 aliphatic heterocycles.